The van der Waals surface area contributed by atoms with E-state index in [0.717, 1.165) is 18.9 Å². The SMILES string of the molecule is CCCCOC(=O)COc1c(Br)cccc1C=CC(=O)O. The topological polar surface area (TPSA) is 72.8 Å². The zero-order valence-electron chi connectivity index (χ0n) is 11.7. The molecule has 0 aliphatic heterocycles. The third-order valence-corrected chi connectivity index (χ3v) is 3.12. The largest absolute Gasteiger partial charge is 0.480 e. The average molecular weight is 357 g/mol. The Bertz CT molecular complexity index is 525. The van der Waals surface area contributed by atoms with Crippen molar-refractivity contribution in [2.75, 3.05) is 13.2 Å². The first-order valence-corrected chi connectivity index (χ1v) is 7.31. The van der Waals surface area contributed by atoms with Gasteiger partial charge in [-0.05, 0) is 34.5 Å². The number of carboxylic acid groups (broad SMARTS) is 1. The molecule has 6 heteroatoms. The van der Waals surface area contributed by atoms with Gasteiger partial charge in [-0.1, -0.05) is 25.5 Å². The van der Waals surface area contributed by atoms with Crippen LogP contribution in [0.2, 0.25) is 0 Å². The van der Waals surface area contributed by atoms with E-state index in [1.54, 1.807) is 18.2 Å². The van der Waals surface area contributed by atoms with Gasteiger partial charge < -0.3 is 14.6 Å². The van der Waals surface area contributed by atoms with Crippen molar-refractivity contribution < 1.29 is 24.2 Å². The van der Waals surface area contributed by atoms with E-state index in [-0.39, 0.29) is 6.61 Å². The molecule has 114 valence electrons. The molecule has 5 nitrogen and oxygen atoms in total. The van der Waals surface area contributed by atoms with Gasteiger partial charge in [-0.3, -0.25) is 0 Å². The van der Waals surface area contributed by atoms with Crippen molar-refractivity contribution in [3.05, 3.63) is 34.3 Å². The number of para-hydroxylation sites is 1. The number of hydrogen-bond donors (Lipinski definition) is 1. The number of esters is 1. The molecule has 1 aromatic rings. The van der Waals surface area contributed by atoms with E-state index in [1.807, 2.05) is 6.92 Å². The van der Waals surface area contributed by atoms with E-state index in [9.17, 15) is 9.59 Å². The molecule has 0 heterocycles. The zero-order valence-corrected chi connectivity index (χ0v) is 13.3. The van der Waals surface area contributed by atoms with Crippen LogP contribution in [0.15, 0.2) is 28.7 Å². The molecule has 0 bridgehead atoms. The van der Waals surface area contributed by atoms with Crippen LogP contribution in [0, 0.1) is 0 Å². The number of carbonyl (C=O) groups excluding carboxylic acids is 1. The standard InChI is InChI=1S/C15H17BrO5/c1-2-3-9-20-14(19)10-21-15-11(7-8-13(17)18)5-4-6-12(15)16/h4-8H,2-3,9-10H2,1H3,(H,17,18). The number of halogens is 1. The predicted molar refractivity (Wildman–Crippen MR) is 82.2 cm³/mol. The van der Waals surface area contributed by atoms with Gasteiger partial charge in [0.05, 0.1) is 11.1 Å². The van der Waals surface area contributed by atoms with Gasteiger partial charge in [0.25, 0.3) is 0 Å². The summed E-state index contributed by atoms with van der Waals surface area (Å²) in [6, 6.07) is 5.19. The fourth-order valence-electron chi connectivity index (χ4n) is 1.47. The molecule has 1 aromatic carbocycles. The smallest absolute Gasteiger partial charge is 0.344 e. The molecule has 0 aliphatic rings. The molecule has 0 atom stereocenters. The molecule has 0 aromatic heterocycles. The predicted octanol–water partition coefficient (Wildman–Crippen LogP) is 3.27. The van der Waals surface area contributed by atoms with E-state index in [4.69, 9.17) is 14.6 Å². The van der Waals surface area contributed by atoms with E-state index in [1.165, 1.54) is 6.08 Å². The van der Waals surface area contributed by atoms with Gasteiger partial charge in [0.15, 0.2) is 6.61 Å². The Hall–Kier alpha value is -1.82. The zero-order chi connectivity index (χ0) is 15.7. The highest BCUT2D eigenvalue weighted by molar-refractivity contribution is 9.10. The van der Waals surface area contributed by atoms with Crippen LogP contribution >= 0.6 is 15.9 Å². The van der Waals surface area contributed by atoms with Gasteiger partial charge in [-0.2, -0.15) is 0 Å². The van der Waals surface area contributed by atoms with Crippen molar-refractivity contribution in [2.24, 2.45) is 0 Å². The molecule has 0 fully saturated rings. The maximum absolute atomic E-state index is 11.5. The summed E-state index contributed by atoms with van der Waals surface area (Å²) in [6.07, 6.45) is 4.18. The van der Waals surface area contributed by atoms with Gasteiger partial charge in [-0.15, -0.1) is 0 Å². The summed E-state index contributed by atoms with van der Waals surface area (Å²) in [4.78, 5) is 22.1. The fourth-order valence-corrected chi connectivity index (χ4v) is 1.97. The van der Waals surface area contributed by atoms with Crippen LogP contribution in [0.25, 0.3) is 6.08 Å². The summed E-state index contributed by atoms with van der Waals surface area (Å²) < 4.78 is 11.1. The quantitative estimate of drug-likeness (QED) is 0.439. The Balaban J connectivity index is 2.69. The number of rotatable bonds is 8. The van der Waals surface area contributed by atoms with E-state index in [2.05, 4.69) is 15.9 Å². The Morgan fingerprint density at radius 1 is 1.38 bits per heavy atom. The summed E-state index contributed by atoms with van der Waals surface area (Å²) >= 11 is 3.31. The highest BCUT2D eigenvalue weighted by Crippen LogP contribution is 2.30. The van der Waals surface area contributed by atoms with E-state index < -0.39 is 11.9 Å². The summed E-state index contributed by atoms with van der Waals surface area (Å²) in [5.41, 5.74) is 0.563. The lowest BCUT2D eigenvalue weighted by Crippen LogP contribution is -2.16. The molecule has 0 saturated carbocycles. The molecule has 1 N–H and O–H groups in total. The van der Waals surface area contributed by atoms with Crippen LogP contribution in [0.5, 0.6) is 5.75 Å². The Morgan fingerprint density at radius 2 is 2.14 bits per heavy atom. The number of carbonyl (C=O) groups is 2. The molecular weight excluding hydrogens is 340 g/mol. The first kappa shape index (κ1) is 17.2. The van der Waals surface area contributed by atoms with Gasteiger partial charge in [0.2, 0.25) is 0 Å². The summed E-state index contributed by atoms with van der Waals surface area (Å²) in [7, 11) is 0. The van der Waals surface area contributed by atoms with Gasteiger partial charge in [0, 0.05) is 11.6 Å². The van der Waals surface area contributed by atoms with Crippen LogP contribution in [0.4, 0.5) is 0 Å². The second-order valence-corrected chi connectivity index (χ2v) is 5.05. The average Bonchev–Trinajstić information content (AvgIpc) is 2.44. The maximum atomic E-state index is 11.5. The number of unbranched alkanes of at least 4 members (excludes halogenated alkanes) is 1. The van der Waals surface area contributed by atoms with E-state index in [0.29, 0.717) is 22.4 Å². The second-order valence-electron chi connectivity index (χ2n) is 4.19. The lowest BCUT2D eigenvalue weighted by Gasteiger charge is -2.11. The number of aliphatic carboxylic acids is 1. The van der Waals surface area contributed by atoms with Crippen LogP contribution in [0.1, 0.15) is 25.3 Å². The van der Waals surface area contributed by atoms with Crippen molar-refractivity contribution in [3.8, 4) is 5.75 Å². The third kappa shape index (κ3) is 6.44. The van der Waals surface area contributed by atoms with Crippen molar-refractivity contribution in [3.63, 3.8) is 0 Å². The molecular formula is C15H17BrO5. The van der Waals surface area contributed by atoms with Crippen molar-refractivity contribution in [2.45, 2.75) is 19.8 Å². The highest BCUT2D eigenvalue weighted by atomic mass is 79.9. The molecule has 0 amide bonds. The number of ether oxygens (including phenoxy) is 2. The first-order valence-electron chi connectivity index (χ1n) is 6.52. The summed E-state index contributed by atoms with van der Waals surface area (Å²) in [5.74, 6) is -1.10. The summed E-state index contributed by atoms with van der Waals surface area (Å²) in [5, 5.41) is 8.66. The Morgan fingerprint density at radius 3 is 2.81 bits per heavy atom. The number of hydrogen-bond acceptors (Lipinski definition) is 4. The minimum atomic E-state index is -1.06. The monoisotopic (exact) mass is 356 g/mol. The molecule has 0 saturated heterocycles. The summed E-state index contributed by atoms with van der Waals surface area (Å²) in [6.45, 7) is 2.16. The van der Waals surface area contributed by atoms with Crippen molar-refractivity contribution >= 4 is 33.9 Å². The molecule has 0 unspecified atom stereocenters. The Kier molecular flexibility index (Phi) is 7.53. The van der Waals surface area contributed by atoms with E-state index >= 15 is 0 Å². The molecule has 0 aliphatic carbocycles. The second kappa shape index (κ2) is 9.18. The lowest BCUT2D eigenvalue weighted by atomic mass is 10.2. The van der Waals surface area contributed by atoms with Gasteiger partial charge >= 0.3 is 11.9 Å². The molecule has 0 radical (unpaired) electrons. The van der Waals surface area contributed by atoms with Gasteiger partial charge in [0.1, 0.15) is 5.75 Å². The first-order chi connectivity index (χ1) is 10.0. The van der Waals surface area contributed by atoms with Crippen molar-refractivity contribution in [1.82, 2.24) is 0 Å². The lowest BCUT2D eigenvalue weighted by molar-refractivity contribution is -0.146. The minimum Gasteiger partial charge on any atom is -0.480 e. The third-order valence-electron chi connectivity index (χ3n) is 2.50. The fraction of sp³-hybridized carbons (Fsp3) is 0.333. The van der Waals surface area contributed by atoms with Crippen LogP contribution in [0.3, 0.4) is 0 Å². The van der Waals surface area contributed by atoms with Gasteiger partial charge in [-0.25, -0.2) is 9.59 Å². The molecule has 21 heavy (non-hydrogen) atoms. The maximum Gasteiger partial charge on any atom is 0.344 e. The molecule has 1 rings (SSSR count). The number of benzene rings is 1. The highest BCUT2D eigenvalue weighted by Gasteiger charge is 2.10. The normalized spacial score (nSPS) is 10.6. The van der Waals surface area contributed by atoms with Crippen LogP contribution in [-0.4, -0.2) is 30.3 Å². The molecule has 0 spiro atoms. The van der Waals surface area contributed by atoms with Crippen molar-refractivity contribution in [1.29, 1.82) is 0 Å². The van der Waals surface area contributed by atoms with Crippen LogP contribution < -0.4 is 4.74 Å². The Labute approximate surface area is 131 Å². The van der Waals surface area contributed by atoms with Crippen LogP contribution in [-0.2, 0) is 14.3 Å². The number of carboxylic acids is 1. The minimum absolute atomic E-state index is 0.222.